The van der Waals surface area contributed by atoms with Crippen LogP contribution in [0.3, 0.4) is 0 Å². The lowest BCUT2D eigenvalue weighted by atomic mass is 10.1. The number of halogens is 1. The number of rotatable bonds is 3. The summed E-state index contributed by atoms with van der Waals surface area (Å²) in [6, 6.07) is 4.74. The number of benzene rings is 1. The van der Waals surface area contributed by atoms with E-state index in [1.54, 1.807) is 6.92 Å². The molecule has 0 aromatic heterocycles. The van der Waals surface area contributed by atoms with Crippen LogP contribution in [0.15, 0.2) is 18.2 Å². The Morgan fingerprint density at radius 2 is 2.38 bits per heavy atom. The van der Waals surface area contributed by atoms with Crippen LogP contribution < -0.4 is 5.32 Å². The topological polar surface area (TPSA) is 73.1 Å². The van der Waals surface area contributed by atoms with Gasteiger partial charge in [0.25, 0.3) is 5.91 Å². The second-order valence-electron chi connectivity index (χ2n) is 3.40. The first-order chi connectivity index (χ1) is 7.54. The number of aromatic hydroxyl groups is 1. The third kappa shape index (κ3) is 2.95. The Bertz CT molecular complexity index is 440. The van der Waals surface area contributed by atoms with Crippen molar-refractivity contribution in [3.05, 3.63) is 29.6 Å². The molecule has 0 radical (unpaired) electrons. The molecule has 0 unspecified atom stereocenters. The van der Waals surface area contributed by atoms with Gasteiger partial charge >= 0.3 is 0 Å². The van der Waals surface area contributed by atoms with Gasteiger partial charge in [0, 0.05) is 12.1 Å². The van der Waals surface area contributed by atoms with Gasteiger partial charge in [0.2, 0.25) is 0 Å². The lowest BCUT2D eigenvalue weighted by molar-refractivity contribution is 0.0938. The number of carbonyl (C=O) groups excluding carboxylic acids is 1. The van der Waals surface area contributed by atoms with Crippen molar-refractivity contribution >= 4 is 5.91 Å². The van der Waals surface area contributed by atoms with Gasteiger partial charge in [-0.25, -0.2) is 4.39 Å². The van der Waals surface area contributed by atoms with Gasteiger partial charge in [-0.05, 0) is 19.1 Å². The number of phenolic OH excluding ortho intramolecular Hbond substituents is 1. The van der Waals surface area contributed by atoms with Gasteiger partial charge in [-0.3, -0.25) is 4.79 Å². The van der Waals surface area contributed by atoms with Crippen LogP contribution in [-0.2, 0) is 0 Å². The van der Waals surface area contributed by atoms with Crippen molar-refractivity contribution in [1.82, 2.24) is 5.32 Å². The summed E-state index contributed by atoms with van der Waals surface area (Å²) in [5.41, 5.74) is -0.00816. The average molecular weight is 222 g/mol. The van der Waals surface area contributed by atoms with Crippen LogP contribution in [-0.4, -0.2) is 17.1 Å². The molecule has 1 rings (SSSR count). The largest absolute Gasteiger partial charge is 0.507 e. The number of nitrogens with zero attached hydrogens (tertiary/aromatic N) is 1. The lowest BCUT2D eigenvalue weighted by Gasteiger charge is -2.11. The van der Waals surface area contributed by atoms with E-state index in [1.165, 1.54) is 6.07 Å². The molecule has 0 bridgehead atoms. The van der Waals surface area contributed by atoms with E-state index in [2.05, 4.69) is 5.32 Å². The van der Waals surface area contributed by atoms with Crippen molar-refractivity contribution in [2.24, 2.45) is 0 Å². The predicted octanol–water partition coefficient (Wildman–Crippen LogP) is 1.56. The van der Waals surface area contributed by atoms with E-state index in [-0.39, 0.29) is 18.0 Å². The number of hydrogen-bond donors (Lipinski definition) is 2. The van der Waals surface area contributed by atoms with Gasteiger partial charge in [-0.15, -0.1) is 0 Å². The second kappa shape index (κ2) is 5.12. The summed E-state index contributed by atoms with van der Waals surface area (Å²) in [4.78, 5) is 11.6. The van der Waals surface area contributed by atoms with Gasteiger partial charge in [-0.1, -0.05) is 0 Å². The highest BCUT2D eigenvalue weighted by Crippen LogP contribution is 2.17. The van der Waals surface area contributed by atoms with Crippen molar-refractivity contribution in [2.75, 3.05) is 0 Å². The first-order valence-corrected chi connectivity index (χ1v) is 4.71. The molecule has 4 nitrogen and oxygen atoms in total. The minimum Gasteiger partial charge on any atom is -0.507 e. The van der Waals surface area contributed by atoms with Crippen LogP contribution in [0.2, 0.25) is 0 Å². The number of nitrogens with one attached hydrogen (secondary N) is 1. The first kappa shape index (κ1) is 12.0. The minimum atomic E-state index is -0.612. The molecular formula is C11H11FN2O2. The van der Waals surface area contributed by atoms with Crippen molar-refractivity contribution in [3.8, 4) is 11.8 Å². The Kier molecular flexibility index (Phi) is 3.84. The Morgan fingerprint density at radius 3 is 2.94 bits per heavy atom. The Hall–Kier alpha value is -2.09. The van der Waals surface area contributed by atoms with E-state index in [9.17, 15) is 14.3 Å². The van der Waals surface area contributed by atoms with Gasteiger partial charge < -0.3 is 10.4 Å². The number of phenols is 1. The molecule has 5 heteroatoms. The molecule has 1 atom stereocenters. The van der Waals surface area contributed by atoms with E-state index in [4.69, 9.17) is 5.26 Å². The van der Waals surface area contributed by atoms with Crippen molar-refractivity contribution in [1.29, 1.82) is 5.26 Å². The fraction of sp³-hybridized carbons (Fsp3) is 0.273. The highest BCUT2D eigenvalue weighted by atomic mass is 19.1. The minimum absolute atomic E-state index is 0.00816. The van der Waals surface area contributed by atoms with E-state index in [0.29, 0.717) is 0 Å². The molecule has 84 valence electrons. The van der Waals surface area contributed by atoms with Crippen LogP contribution in [0.4, 0.5) is 4.39 Å². The zero-order valence-electron chi connectivity index (χ0n) is 8.70. The van der Waals surface area contributed by atoms with E-state index in [0.717, 1.165) is 12.1 Å². The SMILES string of the molecule is C[C@@H](CC#N)NC(=O)c1ccc(F)cc1O. The maximum atomic E-state index is 12.7. The van der Waals surface area contributed by atoms with E-state index in [1.807, 2.05) is 6.07 Å². The van der Waals surface area contributed by atoms with Crippen molar-refractivity contribution in [2.45, 2.75) is 19.4 Å². The summed E-state index contributed by atoms with van der Waals surface area (Å²) in [5, 5.41) is 20.3. The molecule has 16 heavy (non-hydrogen) atoms. The predicted molar refractivity (Wildman–Crippen MR) is 55.2 cm³/mol. The summed E-state index contributed by atoms with van der Waals surface area (Å²) >= 11 is 0. The Labute approximate surface area is 92.3 Å². The Morgan fingerprint density at radius 1 is 1.69 bits per heavy atom. The molecule has 1 aromatic rings. The van der Waals surface area contributed by atoms with E-state index < -0.39 is 17.5 Å². The molecule has 1 amide bonds. The van der Waals surface area contributed by atoms with Gasteiger partial charge in [0.05, 0.1) is 18.1 Å². The molecule has 0 fully saturated rings. The third-order valence-electron chi connectivity index (χ3n) is 1.98. The monoisotopic (exact) mass is 222 g/mol. The summed E-state index contributed by atoms with van der Waals surface area (Å²) in [6.45, 7) is 1.67. The molecule has 1 aromatic carbocycles. The smallest absolute Gasteiger partial charge is 0.255 e. The molecule has 0 aliphatic heterocycles. The molecular weight excluding hydrogens is 211 g/mol. The fourth-order valence-corrected chi connectivity index (χ4v) is 1.19. The normalized spacial score (nSPS) is 11.6. The zero-order chi connectivity index (χ0) is 12.1. The maximum Gasteiger partial charge on any atom is 0.255 e. The molecule has 0 saturated carbocycles. The van der Waals surface area contributed by atoms with Gasteiger partial charge in [0.1, 0.15) is 11.6 Å². The highest BCUT2D eigenvalue weighted by molar-refractivity contribution is 5.96. The van der Waals surface area contributed by atoms with Crippen LogP contribution in [0, 0.1) is 17.1 Å². The number of nitriles is 1. The quantitative estimate of drug-likeness (QED) is 0.815. The first-order valence-electron chi connectivity index (χ1n) is 4.71. The lowest BCUT2D eigenvalue weighted by Crippen LogP contribution is -2.32. The van der Waals surface area contributed by atoms with Gasteiger partial charge in [0.15, 0.2) is 0 Å². The molecule has 0 saturated heterocycles. The van der Waals surface area contributed by atoms with Gasteiger partial charge in [-0.2, -0.15) is 5.26 Å². The molecule has 0 heterocycles. The maximum absolute atomic E-state index is 12.7. The number of hydrogen-bond acceptors (Lipinski definition) is 3. The van der Waals surface area contributed by atoms with Crippen molar-refractivity contribution in [3.63, 3.8) is 0 Å². The van der Waals surface area contributed by atoms with Crippen LogP contribution in [0.25, 0.3) is 0 Å². The number of carbonyl (C=O) groups is 1. The van der Waals surface area contributed by atoms with Crippen LogP contribution >= 0.6 is 0 Å². The summed E-state index contributed by atoms with van der Waals surface area (Å²) in [5.74, 6) is -1.55. The van der Waals surface area contributed by atoms with Crippen molar-refractivity contribution < 1.29 is 14.3 Å². The third-order valence-corrected chi connectivity index (χ3v) is 1.98. The summed E-state index contributed by atoms with van der Waals surface area (Å²) in [7, 11) is 0. The standard InChI is InChI=1S/C11H11FN2O2/c1-7(4-5-13)14-11(16)9-3-2-8(12)6-10(9)15/h2-3,6-7,15H,4H2,1H3,(H,14,16)/t7-/m0/s1. The Balaban J connectivity index is 2.78. The second-order valence-corrected chi connectivity index (χ2v) is 3.40. The fourth-order valence-electron chi connectivity index (χ4n) is 1.19. The molecule has 0 aliphatic carbocycles. The van der Waals surface area contributed by atoms with Crippen LogP contribution in [0.5, 0.6) is 5.75 Å². The molecule has 2 N–H and O–H groups in total. The summed E-state index contributed by atoms with van der Waals surface area (Å²) in [6.07, 6.45) is 0.174. The molecule has 0 aliphatic rings. The number of amides is 1. The zero-order valence-corrected chi connectivity index (χ0v) is 8.70. The highest BCUT2D eigenvalue weighted by Gasteiger charge is 2.13. The molecule has 0 spiro atoms. The summed E-state index contributed by atoms with van der Waals surface area (Å²) < 4.78 is 12.7. The van der Waals surface area contributed by atoms with Crippen LogP contribution in [0.1, 0.15) is 23.7 Å². The average Bonchev–Trinajstić information content (AvgIpc) is 2.17. The van der Waals surface area contributed by atoms with E-state index >= 15 is 0 Å².